The Balaban J connectivity index is 2.54. The fourth-order valence-electron chi connectivity index (χ4n) is 2.25. The van der Waals surface area contributed by atoms with Gasteiger partial charge in [-0.1, -0.05) is 6.92 Å². The highest BCUT2D eigenvalue weighted by atomic mass is 16.3. The van der Waals surface area contributed by atoms with Gasteiger partial charge in [0.25, 0.3) is 5.56 Å². The molecule has 8 nitrogen and oxygen atoms in total. The number of aliphatic hydroxyl groups excluding tert-OH is 1. The summed E-state index contributed by atoms with van der Waals surface area (Å²) in [6.45, 7) is 4.02. The van der Waals surface area contributed by atoms with E-state index in [9.17, 15) is 9.59 Å². The van der Waals surface area contributed by atoms with Crippen LogP contribution in [0.1, 0.15) is 26.7 Å². The summed E-state index contributed by atoms with van der Waals surface area (Å²) < 4.78 is 2.37. The van der Waals surface area contributed by atoms with Crippen LogP contribution < -0.4 is 16.6 Å². The van der Waals surface area contributed by atoms with Crippen LogP contribution in [0.15, 0.2) is 9.59 Å². The van der Waals surface area contributed by atoms with Crippen molar-refractivity contribution in [1.82, 2.24) is 19.1 Å². The first-order valence-corrected chi connectivity index (χ1v) is 6.87. The molecule has 0 aromatic carbocycles. The molecule has 0 aliphatic rings. The van der Waals surface area contributed by atoms with Gasteiger partial charge in [-0.05, 0) is 19.8 Å². The highest BCUT2D eigenvalue weighted by Crippen LogP contribution is 2.20. The van der Waals surface area contributed by atoms with Crippen LogP contribution in [0.3, 0.4) is 0 Å². The molecule has 0 fully saturated rings. The van der Waals surface area contributed by atoms with Gasteiger partial charge in [0, 0.05) is 26.2 Å². The number of nitrogens with zero attached hydrogens (tertiary/aromatic N) is 3. The number of aryl methyl sites for hydroxylation is 1. The fourth-order valence-corrected chi connectivity index (χ4v) is 2.25. The van der Waals surface area contributed by atoms with Gasteiger partial charge in [-0.3, -0.25) is 13.9 Å². The monoisotopic (exact) mass is 295 g/mol. The van der Waals surface area contributed by atoms with Gasteiger partial charge in [0.05, 0.1) is 0 Å². The lowest BCUT2D eigenvalue weighted by atomic mass is 9.95. The predicted octanol–water partition coefficient (Wildman–Crippen LogP) is -0.0767. The maximum absolute atomic E-state index is 12.1. The standard InChI is InChI=1S/C13H21N5O3/c1-5-13(2,6-7-19)16-11-14-8-9(15-11)17(3)12(21)18(4)10(8)20/h19H,5-7H2,1-4H3,(H2,14,15,16). The smallest absolute Gasteiger partial charge is 0.332 e. The summed E-state index contributed by atoms with van der Waals surface area (Å²) in [5, 5.41) is 12.3. The zero-order chi connectivity index (χ0) is 15.8. The normalized spacial score (nSPS) is 14.3. The van der Waals surface area contributed by atoms with Crippen molar-refractivity contribution in [1.29, 1.82) is 0 Å². The molecule has 0 spiro atoms. The number of aliphatic hydroxyl groups is 1. The maximum atomic E-state index is 12.1. The molecule has 2 rings (SSSR count). The quantitative estimate of drug-likeness (QED) is 0.716. The van der Waals surface area contributed by atoms with Crippen molar-refractivity contribution in [2.75, 3.05) is 11.9 Å². The summed E-state index contributed by atoms with van der Waals surface area (Å²) in [6, 6.07) is 0. The number of hydrogen-bond donors (Lipinski definition) is 3. The van der Waals surface area contributed by atoms with E-state index in [-0.39, 0.29) is 17.7 Å². The van der Waals surface area contributed by atoms with E-state index in [4.69, 9.17) is 5.11 Å². The number of aromatic amines is 1. The third-order valence-electron chi connectivity index (χ3n) is 3.96. The highest BCUT2D eigenvalue weighted by Gasteiger charge is 2.23. The van der Waals surface area contributed by atoms with Gasteiger partial charge in [-0.25, -0.2) is 4.79 Å². The molecular weight excluding hydrogens is 274 g/mol. The van der Waals surface area contributed by atoms with Crippen LogP contribution in [-0.4, -0.2) is 36.4 Å². The van der Waals surface area contributed by atoms with Crippen LogP contribution in [0.4, 0.5) is 5.95 Å². The summed E-state index contributed by atoms with van der Waals surface area (Å²) in [5.74, 6) is 0.418. The Labute approximate surface area is 121 Å². The van der Waals surface area contributed by atoms with Crippen molar-refractivity contribution in [2.24, 2.45) is 14.1 Å². The van der Waals surface area contributed by atoms with Crippen molar-refractivity contribution in [3.63, 3.8) is 0 Å². The molecule has 3 N–H and O–H groups in total. The molecule has 0 amide bonds. The second-order valence-corrected chi connectivity index (χ2v) is 5.50. The Morgan fingerprint density at radius 1 is 1.33 bits per heavy atom. The van der Waals surface area contributed by atoms with E-state index >= 15 is 0 Å². The van der Waals surface area contributed by atoms with Crippen LogP contribution in [0.25, 0.3) is 11.2 Å². The summed E-state index contributed by atoms with van der Waals surface area (Å²) in [7, 11) is 3.00. The van der Waals surface area contributed by atoms with Gasteiger partial charge in [-0.15, -0.1) is 0 Å². The number of fused-ring (bicyclic) bond motifs is 1. The lowest BCUT2D eigenvalue weighted by Crippen LogP contribution is -2.36. The lowest BCUT2D eigenvalue weighted by Gasteiger charge is -2.28. The number of hydrogen-bond acceptors (Lipinski definition) is 5. The SMILES string of the molecule is CCC(C)(CCO)Nc1nc2c([nH]1)c(=O)n(C)c(=O)n2C. The molecule has 116 valence electrons. The predicted molar refractivity (Wildman–Crippen MR) is 80.6 cm³/mol. The van der Waals surface area contributed by atoms with E-state index in [1.54, 1.807) is 7.05 Å². The van der Waals surface area contributed by atoms with Crippen molar-refractivity contribution >= 4 is 17.1 Å². The lowest BCUT2D eigenvalue weighted by molar-refractivity contribution is 0.251. The molecule has 0 bridgehead atoms. The van der Waals surface area contributed by atoms with Crippen molar-refractivity contribution in [3.8, 4) is 0 Å². The summed E-state index contributed by atoms with van der Waals surface area (Å²) in [4.78, 5) is 31.2. The van der Waals surface area contributed by atoms with Gasteiger partial charge in [0.2, 0.25) is 5.95 Å². The second kappa shape index (κ2) is 5.36. The molecular formula is C13H21N5O3. The molecule has 21 heavy (non-hydrogen) atoms. The Bertz CT molecular complexity index is 772. The number of rotatable bonds is 5. The Hall–Kier alpha value is -2.09. The van der Waals surface area contributed by atoms with Crippen LogP contribution in [0.5, 0.6) is 0 Å². The van der Waals surface area contributed by atoms with E-state index < -0.39 is 11.2 Å². The molecule has 1 unspecified atom stereocenters. The van der Waals surface area contributed by atoms with Crippen molar-refractivity contribution < 1.29 is 5.11 Å². The third-order valence-corrected chi connectivity index (χ3v) is 3.96. The van der Waals surface area contributed by atoms with Crippen molar-refractivity contribution in [2.45, 2.75) is 32.2 Å². The van der Waals surface area contributed by atoms with Crippen LogP contribution in [0.2, 0.25) is 0 Å². The van der Waals surface area contributed by atoms with Gasteiger partial charge < -0.3 is 15.4 Å². The third kappa shape index (κ3) is 2.58. The minimum absolute atomic E-state index is 0.0534. The number of H-pyrrole nitrogens is 1. The van der Waals surface area contributed by atoms with Gasteiger partial charge in [-0.2, -0.15) is 4.98 Å². The van der Waals surface area contributed by atoms with Gasteiger partial charge in [0.1, 0.15) is 0 Å². The first-order chi connectivity index (χ1) is 9.83. The molecule has 2 aromatic rings. The minimum atomic E-state index is -0.417. The highest BCUT2D eigenvalue weighted by molar-refractivity contribution is 5.72. The largest absolute Gasteiger partial charge is 0.396 e. The topological polar surface area (TPSA) is 105 Å². The molecule has 1 atom stereocenters. The molecule has 0 saturated heterocycles. The zero-order valence-electron chi connectivity index (χ0n) is 12.7. The van der Waals surface area contributed by atoms with Crippen LogP contribution in [-0.2, 0) is 14.1 Å². The average Bonchev–Trinajstić information content (AvgIpc) is 2.86. The first kappa shape index (κ1) is 15.3. The Morgan fingerprint density at radius 3 is 2.57 bits per heavy atom. The molecule has 0 aliphatic heterocycles. The number of aromatic nitrogens is 4. The van der Waals surface area contributed by atoms with Crippen LogP contribution >= 0.6 is 0 Å². The molecule has 0 aliphatic carbocycles. The van der Waals surface area contributed by atoms with Crippen molar-refractivity contribution in [3.05, 3.63) is 20.8 Å². The molecule has 2 heterocycles. The first-order valence-electron chi connectivity index (χ1n) is 6.87. The fraction of sp³-hybridized carbons (Fsp3) is 0.615. The summed E-state index contributed by atoms with van der Waals surface area (Å²) in [5.41, 5.74) is -0.571. The zero-order valence-corrected chi connectivity index (χ0v) is 12.7. The van der Waals surface area contributed by atoms with E-state index in [0.29, 0.717) is 18.0 Å². The molecule has 2 aromatic heterocycles. The minimum Gasteiger partial charge on any atom is -0.396 e. The number of anilines is 1. The average molecular weight is 295 g/mol. The Morgan fingerprint density at radius 2 is 2.00 bits per heavy atom. The van der Waals surface area contributed by atoms with Gasteiger partial charge >= 0.3 is 5.69 Å². The van der Waals surface area contributed by atoms with Crippen LogP contribution in [0, 0.1) is 0 Å². The van der Waals surface area contributed by atoms with E-state index in [1.165, 1.54) is 11.6 Å². The van der Waals surface area contributed by atoms with E-state index in [2.05, 4.69) is 15.3 Å². The van der Waals surface area contributed by atoms with E-state index in [0.717, 1.165) is 11.0 Å². The maximum Gasteiger partial charge on any atom is 0.332 e. The van der Waals surface area contributed by atoms with E-state index in [1.807, 2.05) is 13.8 Å². The summed E-state index contributed by atoms with van der Waals surface area (Å²) >= 11 is 0. The molecule has 8 heteroatoms. The molecule has 0 radical (unpaired) electrons. The number of imidazole rings is 1. The number of nitrogens with one attached hydrogen (secondary N) is 2. The Kier molecular flexibility index (Phi) is 3.91. The molecule has 0 saturated carbocycles. The summed E-state index contributed by atoms with van der Waals surface area (Å²) in [6.07, 6.45) is 1.33. The second-order valence-electron chi connectivity index (χ2n) is 5.50. The van der Waals surface area contributed by atoms with Gasteiger partial charge in [0.15, 0.2) is 11.2 Å².